The number of aromatic hydroxyl groups is 2. The van der Waals surface area contributed by atoms with Crippen LogP contribution in [0.5, 0.6) is 17.2 Å². The van der Waals surface area contributed by atoms with Crippen LogP contribution in [-0.4, -0.2) is 22.6 Å². The number of ketones is 1. The van der Waals surface area contributed by atoms with Crippen LogP contribution in [0.2, 0.25) is 0 Å². The van der Waals surface area contributed by atoms with E-state index in [9.17, 15) is 15.0 Å². The maximum absolute atomic E-state index is 12.4. The fourth-order valence-corrected chi connectivity index (χ4v) is 3.42. The highest BCUT2D eigenvalue weighted by molar-refractivity contribution is 6.10. The predicted octanol–water partition coefficient (Wildman–Crippen LogP) is 5.16. The van der Waals surface area contributed by atoms with Crippen molar-refractivity contribution in [2.45, 2.75) is 19.3 Å². The Labute approximate surface area is 210 Å². The summed E-state index contributed by atoms with van der Waals surface area (Å²) in [4.78, 5) is 12.4. The van der Waals surface area contributed by atoms with Gasteiger partial charge in [-0.1, -0.05) is 48.5 Å². The van der Waals surface area contributed by atoms with E-state index in [4.69, 9.17) is 21.9 Å². The van der Waals surface area contributed by atoms with Gasteiger partial charge in [0.05, 0.1) is 29.2 Å². The van der Waals surface area contributed by atoms with E-state index in [1.165, 1.54) is 6.07 Å². The summed E-state index contributed by atoms with van der Waals surface area (Å²) in [5, 5.41) is 19.8. The number of para-hydroxylation sites is 2. The first kappa shape index (κ1) is 26.0. The molecule has 4 aromatic carbocycles. The normalized spacial score (nSPS) is 10.2. The first-order chi connectivity index (χ1) is 17.3. The third kappa shape index (κ3) is 7.43. The highest BCUT2D eigenvalue weighted by Crippen LogP contribution is 2.26. The molecule has 0 fully saturated rings. The zero-order valence-electron chi connectivity index (χ0n) is 19.9. The molecular weight excluding hydrogens is 454 g/mol. The third-order valence-electron chi connectivity index (χ3n) is 5.47. The van der Waals surface area contributed by atoms with Gasteiger partial charge in [0, 0.05) is 11.6 Å². The van der Waals surface area contributed by atoms with Gasteiger partial charge in [-0.25, -0.2) is 0 Å². The molecule has 0 atom stereocenters. The van der Waals surface area contributed by atoms with Crippen LogP contribution >= 0.6 is 0 Å². The number of rotatable bonds is 8. The molecule has 186 valence electrons. The monoisotopic (exact) mass is 485 g/mol. The van der Waals surface area contributed by atoms with Crippen LogP contribution in [0.4, 0.5) is 17.1 Å². The maximum atomic E-state index is 12.4. The van der Waals surface area contributed by atoms with Gasteiger partial charge in [-0.3, -0.25) is 4.79 Å². The van der Waals surface area contributed by atoms with Gasteiger partial charge in [-0.2, -0.15) is 0 Å². The number of nitrogen functional groups attached to an aromatic ring is 3. The van der Waals surface area contributed by atoms with Crippen molar-refractivity contribution in [3.63, 3.8) is 0 Å². The van der Waals surface area contributed by atoms with Gasteiger partial charge in [0.1, 0.15) is 17.2 Å². The van der Waals surface area contributed by atoms with Crippen LogP contribution < -0.4 is 21.9 Å². The van der Waals surface area contributed by atoms with Crippen molar-refractivity contribution in [2.75, 3.05) is 23.8 Å². The molecule has 0 unspecified atom stereocenters. The molecule has 0 amide bonds. The van der Waals surface area contributed by atoms with Crippen LogP contribution in [0.15, 0.2) is 91.0 Å². The SMILES string of the molecule is Nc1ccc(CCCCOc2ccc(C(=O)c3ccccc3)c(O)c2)cc1O.Nc1ccccc1N. The fourth-order valence-electron chi connectivity index (χ4n) is 3.42. The van der Waals surface area contributed by atoms with Gasteiger partial charge in [0.25, 0.3) is 0 Å². The highest BCUT2D eigenvalue weighted by Gasteiger charge is 2.14. The second kappa shape index (κ2) is 12.7. The van der Waals surface area contributed by atoms with E-state index in [-0.39, 0.29) is 22.8 Å². The number of unbranched alkanes of at least 4 members (excludes halogenated alkanes) is 1. The van der Waals surface area contributed by atoms with E-state index in [1.807, 2.05) is 24.3 Å². The Morgan fingerprint density at radius 2 is 1.36 bits per heavy atom. The van der Waals surface area contributed by atoms with E-state index < -0.39 is 0 Å². The molecule has 4 aromatic rings. The summed E-state index contributed by atoms with van der Waals surface area (Å²) in [5.74, 6) is 0.307. The minimum Gasteiger partial charge on any atom is -0.507 e. The van der Waals surface area contributed by atoms with Crippen molar-refractivity contribution in [2.24, 2.45) is 0 Å². The van der Waals surface area contributed by atoms with Gasteiger partial charge < -0.3 is 32.2 Å². The van der Waals surface area contributed by atoms with Crippen LogP contribution in [-0.2, 0) is 6.42 Å². The highest BCUT2D eigenvalue weighted by atomic mass is 16.5. The van der Waals surface area contributed by atoms with Crippen molar-refractivity contribution in [1.82, 2.24) is 0 Å². The van der Waals surface area contributed by atoms with Gasteiger partial charge in [-0.15, -0.1) is 0 Å². The second-order valence-corrected chi connectivity index (χ2v) is 8.20. The van der Waals surface area contributed by atoms with E-state index >= 15 is 0 Å². The predicted molar refractivity (Wildman–Crippen MR) is 144 cm³/mol. The Kier molecular flexibility index (Phi) is 9.17. The molecule has 0 aliphatic heterocycles. The number of hydrogen-bond donors (Lipinski definition) is 5. The van der Waals surface area contributed by atoms with Crippen LogP contribution in [0.25, 0.3) is 0 Å². The van der Waals surface area contributed by atoms with Crippen molar-refractivity contribution in [3.8, 4) is 17.2 Å². The van der Waals surface area contributed by atoms with Crippen molar-refractivity contribution >= 4 is 22.8 Å². The topological polar surface area (TPSA) is 145 Å². The molecule has 0 spiro atoms. The minimum atomic E-state index is -0.226. The number of benzene rings is 4. The van der Waals surface area contributed by atoms with Crippen molar-refractivity contribution < 1.29 is 19.7 Å². The summed E-state index contributed by atoms with van der Waals surface area (Å²) in [7, 11) is 0. The molecule has 0 saturated heterocycles. The molecule has 0 aromatic heterocycles. The quantitative estimate of drug-likeness (QED) is 0.100. The lowest BCUT2D eigenvalue weighted by atomic mass is 10.0. The lowest BCUT2D eigenvalue weighted by molar-refractivity contribution is 0.103. The summed E-state index contributed by atoms with van der Waals surface area (Å²) in [6.07, 6.45) is 2.52. The zero-order chi connectivity index (χ0) is 25.9. The molecule has 0 radical (unpaired) electrons. The molecule has 0 aliphatic carbocycles. The Hall–Kier alpha value is -4.65. The van der Waals surface area contributed by atoms with E-state index in [1.54, 1.807) is 60.7 Å². The summed E-state index contributed by atoms with van der Waals surface area (Å²) >= 11 is 0. The van der Waals surface area contributed by atoms with Crippen molar-refractivity contribution in [1.29, 1.82) is 0 Å². The zero-order valence-corrected chi connectivity index (χ0v) is 19.9. The molecule has 7 heteroatoms. The largest absolute Gasteiger partial charge is 0.507 e. The Balaban J connectivity index is 0.000000383. The summed E-state index contributed by atoms with van der Waals surface area (Å²) < 4.78 is 5.67. The number of nitrogens with two attached hydrogens (primary N) is 3. The number of phenolic OH excluding ortho intramolecular Hbond substituents is 2. The number of carbonyl (C=O) groups is 1. The summed E-state index contributed by atoms with van der Waals surface area (Å²) in [6.45, 7) is 0.492. The minimum absolute atomic E-state index is 0.0938. The van der Waals surface area contributed by atoms with Crippen molar-refractivity contribution in [3.05, 3.63) is 108 Å². The molecule has 7 nitrogen and oxygen atoms in total. The average molecular weight is 486 g/mol. The molecule has 36 heavy (non-hydrogen) atoms. The fraction of sp³-hybridized carbons (Fsp3) is 0.138. The lowest BCUT2D eigenvalue weighted by Crippen LogP contribution is -2.03. The Morgan fingerprint density at radius 1 is 0.694 bits per heavy atom. The summed E-state index contributed by atoms with van der Waals surface area (Å²) in [5.41, 5.74) is 19.9. The number of phenols is 2. The van der Waals surface area contributed by atoms with E-state index in [0.717, 1.165) is 24.8 Å². The standard InChI is InChI=1S/C23H23NO4.C6H8N2/c24-20-12-9-16(14-22(20)26)6-4-5-13-28-18-10-11-19(21(25)15-18)23(27)17-7-2-1-3-8-17;7-5-3-1-2-4-6(5)8/h1-3,7-12,14-15,25-26H,4-6,13,24H2;1-4H,7-8H2. The Bertz CT molecular complexity index is 1270. The molecular formula is C29H31N3O4. The van der Waals surface area contributed by atoms with Gasteiger partial charge >= 0.3 is 0 Å². The van der Waals surface area contributed by atoms with Crippen LogP contribution in [0, 0.1) is 0 Å². The van der Waals surface area contributed by atoms with Gasteiger partial charge in [0.2, 0.25) is 0 Å². The number of carbonyl (C=O) groups excluding carboxylic acids is 1. The lowest BCUT2D eigenvalue weighted by Gasteiger charge is -2.09. The third-order valence-corrected chi connectivity index (χ3v) is 5.47. The number of aryl methyl sites for hydroxylation is 1. The van der Waals surface area contributed by atoms with Crippen LogP contribution in [0.1, 0.15) is 34.3 Å². The molecule has 8 N–H and O–H groups in total. The van der Waals surface area contributed by atoms with Crippen LogP contribution in [0.3, 0.4) is 0 Å². The molecule has 0 aliphatic rings. The summed E-state index contributed by atoms with van der Waals surface area (Å²) in [6, 6.07) is 26.1. The molecule has 0 saturated carbocycles. The number of ether oxygens (including phenoxy) is 1. The maximum Gasteiger partial charge on any atom is 0.196 e. The van der Waals surface area contributed by atoms with E-state index in [2.05, 4.69) is 0 Å². The second-order valence-electron chi connectivity index (χ2n) is 8.20. The van der Waals surface area contributed by atoms with Gasteiger partial charge in [-0.05, 0) is 61.2 Å². The molecule has 0 heterocycles. The first-order valence-electron chi connectivity index (χ1n) is 11.6. The number of anilines is 3. The smallest absolute Gasteiger partial charge is 0.196 e. The number of hydrogen-bond acceptors (Lipinski definition) is 7. The molecule has 4 rings (SSSR count). The average Bonchev–Trinajstić information content (AvgIpc) is 2.88. The Morgan fingerprint density at radius 3 is 1.97 bits per heavy atom. The first-order valence-corrected chi connectivity index (χ1v) is 11.6. The van der Waals surface area contributed by atoms with Gasteiger partial charge in [0.15, 0.2) is 5.78 Å². The van der Waals surface area contributed by atoms with E-state index in [0.29, 0.717) is 35.0 Å². The molecule has 0 bridgehead atoms.